The summed E-state index contributed by atoms with van der Waals surface area (Å²) in [6.07, 6.45) is 4.52. The van der Waals surface area contributed by atoms with Crippen LogP contribution in [0.1, 0.15) is 57.9 Å². The van der Waals surface area contributed by atoms with Crippen molar-refractivity contribution < 1.29 is 4.79 Å². The average molecular weight is 302 g/mol. The summed E-state index contributed by atoms with van der Waals surface area (Å²) < 4.78 is 0. The van der Waals surface area contributed by atoms with Crippen LogP contribution >= 0.6 is 0 Å². The zero-order chi connectivity index (χ0) is 15.9. The van der Waals surface area contributed by atoms with Crippen LogP contribution in [0.3, 0.4) is 0 Å². The third kappa shape index (κ3) is 4.75. The fourth-order valence-electron chi connectivity index (χ4n) is 3.36. The van der Waals surface area contributed by atoms with Crippen LogP contribution in [0.25, 0.3) is 0 Å². The summed E-state index contributed by atoms with van der Waals surface area (Å²) in [4.78, 5) is 14.3. The molecule has 2 rings (SSSR count). The fraction of sp³-hybridized carbons (Fsp3) is 0.632. The Kier molecular flexibility index (Phi) is 6.29. The first kappa shape index (κ1) is 16.9. The predicted octanol–water partition coefficient (Wildman–Crippen LogP) is 4.40. The lowest BCUT2D eigenvalue weighted by atomic mass is 9.82. The molecule has 3 heteroatoms. The number of nitrogens with zero attached hydrogens (tertiary/aromatic N) is 1. The van der Waals surface area contributed by atoms with Gasteiger partial charge in [0.15, 0.2) is 0 Å². The molecule has 0 unspecified atom stereocenters. The van der Waals surface area contributed by atoms with Crippen molar-refractivity contribution >= 4 is 6.03 Å². The Balaban J connectivity index is 1.80. The van der Waals surface area contributed by atoms with Gasteiger partial charge in [0, 0.05) is 19.1 Å². The predicted molar refractivity (Wildman–Crippen MR) is 92.1 cm³/mol. The van der Waals surface area contributed by atoms with Crippen LogP contribution in [0, 0.1) is 5.92 Å². The molecule has 0 bridgehead atoms. The largest absolute Gasteiger partial charge is 0.335 e. The first-order chi connectivity index (χ1) is 10.6. The summed E-state index contributed by atoms with van der Waals surface area (Å²) in [5, 5.41) is 3.23. The number of rotatable bonds is 5. The highest BCUT2D eigenvalue weighted by atomic mass is 16.2. The van der Waals surface area contributed by atoms with Gasteiger partial charge >= 0.3 is 6.03 Å². The summed E-state index contributed by atoms with van der Waals surface area (Å²) in [5.41, 5.74) is 1.45. The van der Waals surface area contributed by atoms with Gasteiger partial charge in [-0.25, -0.2) is 4.79 Å². The molecule has 3 nitrogen and oxygen atoms in total. The Hall–Kier alpha value is -1.51. The summed E-state index contributed by atoms with van der Waals surface area (Å²) in [6, 6.07) is 11.2. The van der Waals surface area contributed by atoms with E-state index in [1.807, 2.05) is 11.8 Å². The monoisotopic (exact) mass is 302 g/mol. The SMILES string of the molecule is CCN(CC(C)C)C(=O)NC1CCC(c2ccccc2)CC1. The molecule has 0 aliphatic heterocycles. The Bertz CT molecular complexity index is 450. The third-order valence-electron chi connectivity index (χ3n) is 4.58. The lowest BCUT2D eigenvalue weighted by Gasteiger charge is -2.32. The minimum absolute atomic E-state index is 0.111. The highest BCUT2D eigenvalue weighted by Gasteiger charge is 2.24. The topological polar surface area (TPSA) is 32.3 Å². The third-order valence-corrected chi connectivity index (χ3v) is 4.58. The van der Waals surface area contributed by atoms with Gasteiger partial charge in [-0.3, -0.25) is 0 Å². The summed E-state index contributed by atoms with van der Waals surface area (Å²) in [5.74, 6) is 1.17. The highest BCUT2D eigenvalue weighted by Crippen LogP contribution is 2.32. The molecule has 122 valence electrons. The molecule has 0 aromatic heterocycles. The van der Waals surface area contributed by atoms with Crippen molar-refractivity contribution in [2.75, 3.05) is 13.1 Å². The molecule has 0 radical (unpaired) electrons. The van der Waals surface area contributed by atoms with Crippen LogP contribution in [0.4, 0.5) is 4.79 Å². The van der Waals surface area contributed by atoms with Crippen molar-refractivity contribution in [3.05, 3.63) is 35.9 Å². The van der Waals surface area contributed by atoms with Gasteiger partial charge in [-0.1, -0.05) is 44.2 Å². The van der Waals surface area contributed by atoms with E-state index in [1.165, 1.54) is 18.4 Å². The van der Waals surface area contributed by atoms with E-state index in [9.17, 15) is 4.79 Å². The van der Waals surface area contributed by atoms with Crippen LogP contribution in [-0.4, -0.2) is 30.1 Å². The van der Waals surface area contributed by atoms with Gasteiger partial charge in [0.05, 0.1) is 0 Å². The maximum Gasteiger partial charge on any atom is 0.317 e. The number of hydrogen-bond donors (Lipinski definition) is 1. The second kappa shape index (κ2) is 8.21. The molecule has 22 heavy (non-hydrogen) atoms. The van der Waals surface area contributed by atoms with Crippen LogP contribution in [-0.2, 0) is 0 Å². The molecule has 1 aromatic rings. The number of nitrogens with one attached hydrogen (secondary N) is 1. The van der Waals surface area contributed by atoms with Gasteiger partial charge in [0.2, 0.25) is 0 Å². The van der Waals surface area contributed by atoms with Gasteiger partial charge in [-0.2, -0.15) is 0 Å². The fourth-order valence-corrected chi connectivity index (χ4v) is 3.36. The maximum absolute atomic E-state index is 12.3. The van der Waals surface area contributed by atoms with E-state index >= 15 is 0 Å². The molecular formula is C19H30N2O. The van der Waals surface area contributed by atoms with Crippen LogP contribution in [0.2, 0.25) is 0 Å². The highest BCUT2D eigenvalue weighted by molar-refractivity contribution is 5.74. The maximum atomic E-state index is 12.3. The zero-order valence-electron chi connectivity index (χ0n) is 14.2. The first-order valence-corrected chi connectivity index (χ1v) is 8.70. The number of hydrogen-bond acceptors (Lipinski definition) is 1. The van der Waals surface area contributed by atoms with Crippen molar-refractivity contribution in [3.63, 3.8) is 0 Å². The van der Waals surface area contributed by atoms with Gasteiger partial charge < -0.3 is 10.2 Å². The minimum atomic E-state index is 0.111. The summed E-state index contributed by atoms with van der Waals surface area (Å²) in [6.45, 7) is 7.97. The molecule has 1 fully saturated rings. The molecule has 0 spiro atoms. The van der Waals surface area contributed by atoms with E-state index in [0.29, 0.717) is 17.9 Å². The molecular weight excluding hydrogens is 272 g/mol. The lowest BCUT2D eigenvalue weighted by Crippen LogP contribution is -2.46. The number of carbonyl (C=O) groups excluding carboxylic acids is 1. The van der Waals surface area contributed by atoms with Crippen molar-refractivity contribution in [1.82, 2.24) is 10.2 Å². The number of benzene rings is 1. The molecule has 0 heterocycles. The molecule has 2 amide bonds. The molecule has 1 aliphatic rings. The van der Waals surface area contributed by atoms with Crippen molar-refractivity contribution in [2.24, 2.45) is 5.92 Å². The minimum Gasteiger partial charge on any atom is -0.335 e. The Morgan fingerprint density at radius 1 is 1.18 bits per heavy atom. The molecule has 0 saturated heterocycles. The van der Waals surface area contributed by atoms with Crippen LogP contribution in [0.15, 0.2) is 30.3 Å². The smallest absolute Gasteiger partial charge is 0.317 e. The van der Waals surface area contributed by atoms with Crippen LogP contribution < -0.4 is 5.32 Å². The van der Waals surface area contributed by atoms with E-state index in [1.54, 1.807) is 0 Å². The Morgan fingerprint density at radius 2 is 1.82 bits per heavy atom. The Labute approximate surface area is 135 Å². The molecule has 1 saturated carbocycles. The number of carbonyl (C=O) groups is 1. The van der Waals surface area contributed by atoms with Crippen LogP contribution in [0.5, 0.6) is 0 Å². The van der Waals surface area contributed by atoms with Gasteiger partial charge in [0.25, 0.3) is 0 Å². The first-order valence-electron chi connectivity index (χ1n) is 8.70. The second-order valence-electron chi connectivity index (χ2n) is 6.84. The number of amides is 2. The van der Waals surface area contributed by atoms with Crippen molar-refractivity contribution in [2.45, 2.75) is 58.4 Å². The van der Waals surface area contributed by atoms with Crippen molar-refractivity contribution in [3.8, 4) is 0 Å². The van der Waals surface area contributed by atoms with E-state index in [-0.39, 0.29) is 6.03 Å². The van der Waals surface area contributed by atoms with Gasteiger partial charge in [0.1, 0.15) is 0 Å². The summed E-state index contributed by atoms with van der Waals surface area (Å²) >= 11 is 0. The molecule has 0 atom stereocenters. The lowest BCUT2D eigenvalue weighted by molar-refractivity contribution is 0.185. The van der Waals surface area contributed by atoms with E-state index in [4.69, 9.17) is 0 Å². The van der Waals surface area contributed by atoms with Gasteiger partial charge in [-0.05, 0) is 50.0 Å². The zero-order valence-corrected chi connectivity index (χ0v) is 14.2. The van der Waals surface area contributed by atoms with Gasteiger partial charge in [-0.15, -0.1) is 0 Å². The standard InChI is InChI=1S/C19H30N2O/c1-4-21(14-15(2)3)19(22)20-18-12-10-17(11-13-18)16-8-6-5-7-9-16/h5-9,15,17-18H,4,10-14H2,1-3H3,(H,20,22). The molecule has 1 N–H and O–H groups in total. The van der Waals surface area contributed by atoms with E-state index < -0.39 is 0 Å². The van der Waals surface area contributed by atoms with E-state index in [0.717, 1.165) is 25.9 Å². The van der Waals surface area contributed by atoms with E-state index in [2.05, 4.69) is 49.5 Å². The molecule has 1 aliphatic carbocycles. The number of urea groups is 1. The average Bonchev–Trinajstić information content (AvgIpc) is 2.54. The quantitative estimate of drug-likeness (QED) is 0.859. The van der Waals surface area contributed by atoms with Crippen molar-refractivity contribution in [1.29, 1.82) is 0 Å². The second-order valence-corrected chi connectivity index (χ2v) is 6.84. The normalized spacial score (nSPS) is 21.6. The summed E-state index contributed by atoms with van der Waals surface area (Å²) in [7, 11) is 0. The Morgan fingerprint density at radius 3 is 2.36 bits per heavy atom. The molecule has 1 aromatic carbocycles.